The molecule has 54 heavy (non-hydrogen) atoms. The third kappa shape index (κ3) is 4.24. The fraction of sp³-hybridized carbons (Fsp3) is 0. The van der Waals surface area contributed by atoms with Gasteiger partial charge in [-0.25, -0.2) is 15.0 Å². The van der Waals surface area contributed by atoms with Crippen LogP contribution in [0.25, 0.3) is 122 Å². The minimum atomic E-state index is 0.558. The molecule has 0 N–H and O–H groups in total. The highest BCUT2D eigenvalue weighted by atomic mass is 16.3. The molecule has 0 spiro atoms. The van der Waals surface area contributed by atoms with Crippen LogP contribution in [-0.2, 0) is 0 Å². The fourth-order valence-electron chi connectivity index (χ4n) is 8.42. The van der Waals surface area contributed by atoms with Gasteiger partial charge in [0.05, 0.1) is 5.56 Å². The fourth-order valence-corrected chi connectivity index (χ4v) is 8.42. The van der Waals surface area contributed by atoms with Gasteiger partial charge in [-0.3, -0.25) is 0 Å². The van der Waals surface area contributed by atoms with Crippen molar-refractivity contribution < 1.29 is 8.83 Å². The summed E-state index contributed by atoms with van der Waals surface area (Å²) >= 11 is 0. The van der Waals surface area contributed by atoms with Gasteiger partial charge in [0.25, 0.3) is 0 Å². The predicted octanol–water partition coefficient (Wildman–Crippen LogP) is 13.1. The Morgan fingerprint density at radius 3 is 1.85 bits per heavy atom. The zero-order valence-corrected chi connectivity index (χ0v) is 28.7. The van der Waals surface area contributed by atoms with E-state index in [0.717, 1.165) is 82.6 Å². The first-order chi connectivity index (χ1) is 26.7. The SMILES string of the molecule is c1ccc(-c2cccc(-c3nc(-c4ccc5c(c4)-c4cccc6cc7oc8ccccc8c7c-5c46)nc(-c4cccc5c4oc4ccccc45)n3)c2)cc1. The topological polar surface area (TPSA) is 65.0 Å². The summed E-state index contributed by atoms with van der Waals surface area (Å²) in [7, 11) is 0. The average Bonchev–Trinajstić information content (AvgIpc) is 3.91. The Balaban J connectivity index is 1.09. The van der Waals surface area contributed by atoms with Crippen LogP contribution in [0.4, 0.5) is 0 Å². The van der Waals surface area contributed by atoms with E-state index in [2.05, 4.69) is 115 Å². The lowest BCUT2D eigenvalue weighted by molar-refractivity contribution is 0.669. The third-order valence-corrected chi connectivity index (χ3v) is 10.9. The van der Waals surface area contributed by atoms with Crippen LogP contribution >= 0.6 is 0 Å². The number of para-hydroxylation sites is 3. The van der Waals surface area contributed by atoms with Crippen LogP contribution in [0.1, 0.15) is 0 Å². The van der Waals surface area contributed by atoms with Crippen LogP contribution in [0, 0.1) is 0 Å². The maximum Gasteiger partial charge on any atom is 0.167 e. The van der Waals surface area contributed by atoms with E-state index in [1.807, 2.05) is 48.5 Å². The van der Waals surface area contributed by atoms with Crippen molar-refractivity contribution in [1.29, 1.82) is 0 Å². The van der Waals surface area contributed by atoms with Gasteiger partial charge in [-0.2, -0.15) is 0 Å². The van der Waals surface area contributed by atoms with Crippen LogP contribution in [0.15, 0.2) is 173 Å². The summed E-state index contributed by atoms with van der Waals surface area (Å²) in [4.78, 5) is 15.6. The first-order valence-electron chi connectivity index (χ1n) is 18.1. The van der Waals surface area contributed by atoms with Crippen molar-refractivity contribution in [1.82, 2.24) is 15.0 Å². The van der Waals surface area contributed by atoms with Crippen LogP contribution in [0.2, 0.25) is 0 Å². The highest BCUT2D eigenvalue weighted by Crippen LogP contribution is 2.53. The normalized spacial score (nSPS) is 12.1. The van der Waals surface area contributed by atoms with E-state index in [1.54, 1.807) is 0 Å². The largest absolute Gasteiger partial charge is 0.456 e. The van der Waals surface area contributed by atoms with Crippen molar-refractivity contribution in [3.05, 3.63) is 164 Å². The van der Waals surface area contributed by atoms with Crippen LogP contribution in [-0.4, -0.2) is 15.0 Å². The van der Waals surface area contributed by atoms with E-state index in [9.17, 15) is 0 Å². The molecule has 5 nitrogen and oxygen atoms in total. The lowest BCUT2D eigenvalue weighted by Gasteiger charge is -2.11. The molecule has 0 radical (unpaired) electrons. The van der Waals surface area contributed by atoms with Crippen molar-refractivity contribution in [3.63, 3.8) is 0 Å². The van der Waals surface area contributed by atoms with E-state index >= 15 is 0 Å². The Morgan fingerprint density at radius 2 is 0.981 bits per heavy atom. The number of nitrogens with zero attached hydrogens (tertiary/aromatic N) is 3. The highest BCUT2D eigenvalue weighted by molar-refractivity contribution is 6.28. The lowest BCUT2D eigenvalue weighted by Crippen LogP contribution is -2.00. The number of aromatic nitrogens is 3. The minimum absolute atomic E-state index is 0.558. The third-order valence-electron chi connectivity index (χ3n) is 10.9. The standard InChI is InChI=1S/C49H27N3O2/c1-2-11-28(12-3-1)29-13-8-15-31(25-29)47-50-48(52-49(51-47)38-20-10-19-36-33-16-4-6-21-40(33)54-46(36)38)32-23-24-35-39(26-32)34-18-9-14-30-27-42-44(45(35)43(30)34)37-17-5-7-22-41(37)53-42/h1-27H. The summed E-state index contributed by atoms with van der Waals surface area (Å²) in [6, 6.07) is 56.7. The van der Waals surface area contributed by atoms with Crippen molar-refractivity contribution in [2.24, 2.45) is 0 Å². The van der Waals surface area contributed by atoms with Gasteiger partial charge < -0.3 is 8.83 Å². The Kier molecular flexibility index (Phi) is 5.99. The van der Waals surface area contributed by atoms with Gasteiger partial charge in [0, 0.05) is 38.2 Å². The van der Waals surface area contributed by atoms with Gasteiger partial charge in [-0.1, -0.05) is 127 Å². The smallest absolute Gasteiger partial charge is 0.167 e. The number of fused-ring (bicyclic) bond motifs is 10. The molecule has 1 aliphatic carbocycles. The number of benzene rings is 8. The summed E-state index contributed by atoms with van der Waals surface area (Å²) in [5, 5.41) is 6.77. The predicted molar refractivity (Wildman–Crippen MR) is 218 cm³/mol. The summed E-state index contributed by atoms with van der Waals surface area (Å²) < 4.78 is 12.9. The van der Waals surface area contributed by atoms with E-state index < -0.39 is 0 Å². The first-order valence-corrected chi connectivity index (χ1v) is 18.1. The highest BCUT2D eigenvalue weighted by Gasteiger charge is 2.27. The summed E-state index contributed by atoms with van der Waals surface area (Å²) in [5.41, 5.74) is 13.0. The Bertz CT molecular complexity index is 3340. The first kappa shape index (κ1) is 29.2. The van der Waals surface area contributed by atoms with Crippen LogP contribution in [0.3, 0.4) is 0 Å². The number of hydrogen-bond acceptors (Lipinski definition) is 5. The minimum Gasteiger partial charge on any atom is -0.456 e. The molecule has 0 saturated heterocycles. The average molecular weight is 690 g/mol. The lowest BCUT2D eigenvalue weighted by atomic mass is 9.97. The van der Waals surface area contributed by atoms with Gasteiger partial charge in [-0.05, 0) is 75.0 Å². The summed E-state index contributed by atoms with van der Waals surface area (Å²) in [6.07, 6.45) is 0. The maximum absolute atomic E-state index is 6.49. The second kappa shape index (κ2) is 11.1. The van der Waals surface area contributed by atoms with Gasteiger partial charge in [0.2, 0.25) is 0 Å². The zero-order chi connectivity index (χ0) is 35.3. The second-order valence-corrected chi connectivity index (χ2v) is 13.9. The molecular weight excluding hydrogens is 663 g/mol. The number of hydrogen-bond donors (Lipinski definition) is 0. The molecular formula is C49H27N3O2. The van der Waals surface area contributed by atoms with E-state index in [-0.39, 0.29) is 0 Å². The molecule has 11 aromatic rings. The number of rotatable bonds is 4. The molecule has 0 saturated carbocycles. The van der Waals surface area contributed by atoms with Crippen molar-refractivity contribution >= 4 is 54.6 Å². The van der Waals surface area contributed by atoms with E-state index in [4.69, 9.17) is 23.8 Å². The van der Waals surface area contributed by atoms with Crippen LogP contribution in [0.5, 0.6) is 0 Å². The monoisotopic (exact) mass is 689 g/mol. The molecule has 0 amide bonds. The molecule has 0 fully saturated rings. The van der Waals surface area contributed by atoms with Crippen molar-refractivity contribution in [3.8, 4) is 67.5 Å². The Morgan fingerprint density at radius 1 is 0.333 bits per heavy atom. The van der Waals surface area contributed by atoms with Crippen LogP contribution < -0.4 is 0 Å². The second-order valence-electron chi connectivity index (χ2n) is 13.9. The van der Waals surface area contributed by atoms with Crippen molar-refractivity contribution in [2.75, 3.05) is 0 Å². The molecule has 3 heterocycles. The molecule has 250 valence electrons. The molecule has 0 aliphatic heterocycles. The van der Waals surface area contributed by atoms with Gasteiger partial charge >= 0.3 is 0 Å². The quantitative estimate of drug-likeness (QED) is 0.184. The molecule has 12 rings (SSSR count). The molecule has 3 aromatic heterocycles. The Labute approximate surface area is 308 Å². The molecule has 0 unspecified atom stereocenters. The molecule has 0 bridgehead atoms. The Hall–Kier alpha value is -7.37. The summed E-state index contributed by atoms with van der Waals surface area (Å²) in [6.45, 7) is 0. The van der Waals surface area contributed by atoms with Gasteiger partial charge in [0.15, 0.2) is 17.5 Å². The van der Waals surface area contributed by atoms with E-state index in [0.29, 0.717) is 17.5 Å². The molecule has 5 heteroatoms. The molecule has 0 atom stereocenters. The van der Waals surface area contributed by atoms with Gasteiger partial charge in [-0.15, -0.1) is 0 Å². The molecule has 1 aliphatic rings. The van der Waals surface area contributed by atoms with Crippen molar-refractivity contribution in [2.45, 2.75) is 0 Å². The number of furan rings is 2. The zero-order valence-electron chi connectivity index (χ0n) is 28.7. The van der Waals surface area contributed by atoms with Gasteiger partial charge in [0.1, 0.15) is 22.3 Å². The van der Waals surface area contributed by atoms with E-state index in [1.165, 1.54) is 22.1 Å². The summed E-state index contributed by atoms with van der Waals surface area (Å²) in [5.74, 6) is 1.75. The molecule has 8 aromatic carbocycles. The maximum atomic E-state index is 6.49.